The SMILES string of the molecule is c1cnc2c(c1)nc(C1CCSCC1)n2C1CCNC1. The van der Waals surface area contributed by atoms with Crippen LogP contribution < -0.4 is 5.32 Å². The van der Waals surface area contributed by atoms with Crippen LogP contribution in [0.1, 0.15) is 37.0 Å². The number of pyridine rings is 1. The summed E-state index contributed by atoms with van der Waals surface area (Å²) < 4.78 is 2.44. The molecule has 1 unspecified atom stereocenters. The van der Waals surface area contributed by atoms with E-state index in [1.54, 1.807) is 0 Å². The fraction of sp³-hybridized carbons (Fsp3) is 0.600. The van der Waals surface area contributed by atoms with Gasteiger partial charge in [-0.15, -0.1) is 0 Å². The van der Waals surface area contributed by atoms with Crippen molar-refractivity contribution in [1.82, 2.24) is 19.9 Å². The molecule has 2 fully saturated rings. The van der Waals surface area contributed by atoms with E-state index in [0.717, 1.165) is 24.3 Å². The second kappa shape index (κ2) is 5.37. The smallest absolute Gasteiger partial charge is 0.160 e. The predicted molar refractivity (Wildman–Crippen MR) is 83.4 cm³/mol. The minimum absolute atomic E-state index is 0.527. The molecule has 2 aromatic heterocycles. The minimum atomic E-state index is 0.527. The van der Waals surface area contributed by atoms with Crippen LogP contribution in [0.2, 0.25) is 0 Å². The molecule has 0 spiro atoms. The Morgan fingerprint density at radius 3 is 2.95 bits per heavy atom. The van der Waals surface area contributed by atoms with Gasteiger partial charge in [0.2, 0.25) is 0 Å². The van der Waals surface area contributed by atoms with Gasteiger partial charge in [0.25, 0.3) is 0 Å². The number of nitrogens with one attached hydrogen (secondary N) is 1. The Labute approximate surface area is 123 Å². The van der Waals surface area contributed by atoms with Crippen molar-refractivity contribution in [1.29, 1.82) is 0 Å². The maximum Gasteiger partial charge on any atom is 0.160 e. The zero-order valence-corrected chi connectivity index (χ0v) is 12.4. The first kappa shape index (κ1) is 12.7. The molecule has 2 aliphatic heterocycles. The van der Waals surface area contributed by atoms with Crippen LogP contribution >= 0.6 is 11.8 Å². The van der Waals surface area contributed by atoms with Crippen molar-refractivity contribution in [2.24, 2.45) is 0 Å². The summed E-state index contributed by atoms with van der Waals surface area (Å²) in [6.45, 7) is 2.16. The number of fused-ring (bicyclic) bond motifs is 1. The number of aromatic nitrogens is 3. The number of hydrogen-bond donors (Lipinski definition) is 1. The van der Waals surface area contributed by atoms with Crippen molar-refractivity contribution in [2.45, 2.75) is 31.2 Å². The van der Waals surface area contributed by atoms with E-state index in [-0.39, 0.29) is 0 Å². The van der Waals surface area contributed by atoms with E-state index in [9.17, 15) is 0 Å². The van der Waals surface area contributed by atoms with Gasteiger partial charge in [0.05, 0.1) is 6.04 Å². The molecule has 106 valence electrons. The molecular weight excluding hydrogens is 268 g/mol. The van der Waals surface area contributed by atoms with Crippen LogP contribution in [0.3, 0.4) is 0 Å². The monoisotopic (exact) mass is 288 g/mol. The van der Waals surface area contributed by atoms with Crippen LogP contribution in [0.5, 0.6) is 0 Å². The summed E-state index contributed by atoms with van der Waals surface area (Å²) in [4.78, 5) is 9.55. The number of thioether (sulfide) groups is 1. The maximum absolute atomic E-state index is 4.94. The fourth-order valence-corrected chi connectivity index (χ4v) is 4.52. The lowest BCUT2D eigenvalue weighted by molar-refractivity contribution is 0.488. The summed E-state index contributed by atoms with van der Waals surface area (Å²) in [7, 11) is 0. The quantitative estimate of drug-likeness (QED) is 0.922. The molecule has 20 heavy (non-hydrogen) atoms. The van der Waals surface area contributed by atoms with E-state index in [4.69, 9.17) is 4.98 Å². The van der Waals surface area contributed by atoms with Crippen LogP contribution in [0.25, 0.3) is 11.2 Å². The second-order valence-electron chi connectivity index (χ2n) is 5.72. The van der Waals surface area contributed by atoms with Gasteiger partial charge in [-0.3, -0.25) is 0 Å². The zero-order valence-electron chi connectivity index (χ0n) is 11.6. The first-order valence-corrected chi connectivity index (χ1v) is 8.70. The normalized spacial score (nSPS) is 24.5. The van der Waals surface area contributed by atoms with Crippen LogP contribution in [-0.4, -0.2) is 39.1 Å². The predicted octanol–water partition coefficient (Wildman–Crippen LogP) is 2.58. The Balaban J connectivity index is 1.82. The molecule has 4 rings (SSSR count). The molecule has 0 aromatic carbocycles. The number of imidazole rings is 1. The van der Waals surface area contributed by atoms with E-state index in [0.29, 0.717) is 12.0 Å². The molecule has 2 saturated heterocycles. The van der Waals surface area contributed by atoms with Crippen molar-refractivity contribution < 1.29 is 0 Å². The van der Waals surface area contributed by atoms with Crippen LogP contribution in [0, 0.1) is 0 Å². The second-order valence-corrected chi connectivity index (χ2v) is 6.94. The van der Waals surface area contributed by atoms with Crippen molar-refractivity contribution in [3.05, 3.63) is 24.2 Å². The Bertz CT molecular complexity index is 597. The highest BCUT2D eigenvalue weighted by Gasteiger charge is 2.28. The summed E-state index contributed by atoms with van der Waals surface area (Å²) in [6.07, 6.45) is 5.60. The van der Waals surface area contributed by atoms with E-state index in [2.05, 4.69) is 32.7 Å². The fourth-order valence-electron chi connectivity index (χ4n) is 3.41. The largest absolute Gasteiger partial charge is 0.315 e. The highest BCUT2D eigenvalue weighted by atomic mass is 32.2. The first-order valence-electron chi connectivity index (χ1n) is 7.55. The topological polar surface area (TPSA) is 42.7 Å². The molecule has 0 bridgehead atoms. The zero-order chi connectivity index (χ0) is 13.4. The standard InChI is InChI=1S/C15H20N4S/c1-2-13-15(17-6-1)19(12-3-7-16-10-12)14(18-13)11-4-8-20-9-5-11/h1-2,6,11-12,16H,3-5,7-10H2. The van der Waals surface area contributed by atoms with Crippen molar-refractivity contribution in [3.8, 4) is 0 Å². The highest BCUT2D eigenvalue weighted by Crippen LogP contribution is 2.35. The number of nitrogens with zero attached hydrogens (tertiary/aromatic N) is 3. The Morgan fingerprint density at radius 2 is 2.15 bits per heavy atom. The Morgan fingerprint density at radius 1 is 1.25 bits per heavy atom. The third-order valence-corrected chi connectivity index (χ3v) is 5.51. The van der Waals surface area contributed by atoms with Crippen LogP contribution in [-0.2, 0) is 0 Å². The Hall–Kier alpha value is -1.07. The van der Waals surface area contributed by atoms with E-state index < -0.39 is 0 Å². The third-order valence-electron chi connectivity index (χ3n) is 4.46. The average Bonchev–Trinajstić information content (AvgIpc) is 3.14. The molecule has 0 radical (unpaired) electrons. The highest BCUT2D eigenvalue weighted by molar-refractivity contribution is 7.99. The van der Waals surface area contributed by atoms with Gasteiger partial charge in [-0.2, -0.15) is 11.8 Å². The van der Waals surface area contributed by atoms with Gasteiger partial charge in [0.15, 0.2) is 5.65 Å². The van der Waals surface area contributed by atoms with E-state index in [1.807, 2.05) is 12.3 Å². The summed E-state index contributed by atoms with van der Waals surface area (Å²) in [5.41, 5.74) is 2.14. The molecule has 4 nitrogen and oxygen atoms in total. The Kier molecular flexibility index (Phi) is 3.40. The van der Waals surface area contributed by atoms with Gasteiger partial charge in [-0.25, -0.2) is 9.97 Å². The first-order chi connectivity index (χ1) is 9.93. The molecular formula is C15H20N4S. The molecule has 2 aromatic rings. The van der Waals surface area contributed by atoms with Gasteiger partial charge >= 0.3 is 0 Å². The molecule has 0 aliphatic carbocycles. The maximum atomic E-state index is 4.94. The lowest BCUT2D eigenvalue weighted by Gasteiger charge is -2.24. The molecule has 5 heteroatoms. The molecule has 1 N–H and O–H groups in total. The summed E-state index contributed by atoms with van der Waals surface area (Å²) in [6, 6.07) is 4.62. The van der Waals surface area contributed by atoms with Gasteiger partial charge in [0.1, 0.15) is 11.3 Å². The molecule has 4 heterocycles. The average molecular weight is 288 g/mol. The van der Waals surface area contributed by atoms with Crippen LogP contribution in [0.4, 0.5) is 0 Å². The number of rotatable bonds is 2. The third kappa shape index (κ3) is 2.13. The number of hydrogen-bond acceptors (Lipinski definition) is 4. The van der Waals surface area contributed by atoms with Gasteiger partial charge in [0, 0.05) is 18.7 Å². The van der Waals surface area contributed by atoms with Gasteiger partial charge < -0.3 is 9.88 Å². The summed E-state index contributed by atoms with van der Waals surface area (Å²) in [5.74, 6) is 4.44. The molecule has 0 amide bonds. The van der Waals surface area contributed by atoms with Crippen molar-refractivity contribution in [3.63, 3.8) is 0 Å². The van der Waals surface area contributed by atoms with Gasteiger partial charge in [-0.05, 0) is 49.4 Å². The minimum Gasteiger partial charge on any atom is -0.315 e. The van der Waals surface area contributed by atoms with E-state index in [1.165, 1.54) is 36.6 Å². The van der Waals surface area contributed by atoms with Crippen molar-refractivity contribution in [2.75, 3.05) is 24.6 Å². The van der Waals surface area contributed by atoms with Crippen LogP contribution in [0.15, 0.2) is 18.3 Å². The van der Waals surface area contributed by atoms with E-state index >= 15 is 0 Å². The van der Waals surface area contributed by atoms with Gasteiger partial charge in [-0.1, -0.05) is 0 Å². The lowest BCUT2D eigenvalue weighted by Crippen LogP contribution is -2.20. The molecule has 1 atom stereocenters. The van der Waals surface area contributed by atoms with Crippen molar-refractivity contribution >= 4 is 22.9 Å². The molecule has 2 aliphatic rings. The summed E-state index contributed by atoms with van der Waals surface area (Å²) >= 11 is 2.07. The summed E-state index contributed by atoms with van der Waals surface area (Å²) in [5, 5.41) is 3.47. The molecule has 0 saturated carbocycles. The lowest BCUT2D eigenvalue weighted by atomic mass is 10.0.